The van der Waals surface area contributed by atoms with E-state index < -0.39 is 7.32 Å². The molecule has 1 aliphatic carbocycles. The van der Waals surface area contributed by atoms with Crippen LogP contribution in [-0.2, 0) is 0 Å². The second kappa shape index (κ2) is 4.40. The first-order valence-electron chi connectivity index (χ1n) is 6.35. The Morgan fingerprint density at radius 1 is 1.05 bits per heavy atom. The molecular weight excluding hydrogens is 239 g/mol. The van der Waals surface area contributed by atoms with Gasteiger partial charge in [0, 0.05) is 5.92 Å². The molecule has 0 saturated carbocycles. The summed E-state index contributed by atoms with van der Waals surface area (Å²) in [6.07, 6.45) is 0. The van der Waals surface area contributed by atoms with Gasteiger partial charge in [0.25, 0.3) is 0 Å². The lowest BCUT2D eigenvalue weighted by Gasteiger charge is -2.15. The molecule has 19 heavy (non-hydrogen) atoms. The molecule has 0 radical (unpaired) electrons. The molecule has 4 heteroatoms. The van der Waals surface area contributed by atoms with Gasteiger partial charge >= 0.3 is 7.32 Å². The fourth-order valence-electron chi connectivity index (χ4n) is 3.02. The van der Waals surface area contributed by atoms with Gasteiger partial charge in [-0.3, -0.25) is 0 Å². The third kappa shape index (κ3) is 1.84. The van der Waals surface area contributed by atoms with E-state index in [1.807, 2.05) is 25.1 Å². The molecule has 0 amide bonds. The van der Waals surface area contributed by atoms with Gasteiger partial charge in [-0.25, -0.2) is 0 Å². The van der Waals surface area contributed by atoms with Crippen LogP contribution in [0.5, 0.6) is 5.75 Å². The zero-order chi connectivity index (χ0) is 13.6. The van der Waals surface area contributed by atoms with E-state index in [0.717, 1.165) is 5.56 Å². The number of benzene rings is 2. The van der Waals surface area contributed by atoms with Crippen molar-refractivity contribution in [2.45, 2.75) is 19.8 Å². The first-order chi connectivity index (χ1) is 9.09. The second-order valence-electron chi connectivity index (χ2n) is 4.90. The fraction of sp³-hybridized carbons (Fsp3) is 0.200. The zero-order valence-electron chi connectivity index (χ0n) is 10.9. The van der Waals surface area contributed by atoms with Gasteiger partial charge in [-0.1, -0.05) is 37.3 Å². The van der Waals surface area contributed by atoms with Crippen molar-refractivity contribution >= 4 is 7.32 Å². The lowest BCUT2D eigenvalue weighted by molar-refractivity contribution is 0.287. The minimum atomic E-state index is -1.78. The van der Waals surface area contributed by atoms with E-state index in [-0.39, 0.29) is 0 Å². The molecule has 2 aromatic rings. The van der Waals surface area contributed by atoms with E-state index >= 15 is 0 Å². The number of fused-ring (bicyclic) bond motifs is 3. The summed E-state index contributed by atoms with van der Waals surface area (Å²) in [5.74, 6) is 0.819. The van der Waals surface area contributed by atoms with E-state index in [0.29, 0.717) is 11.7 Å². The van der Waals surface area contributed by atoms with E-state index in [1.165, 1.54) is 22.3 Å². The van der Waals surface area contributed by atoms with Gasteiger partial charge < -0.3 is 14.7 Å². The van der Waals surface area contributed by atoms with Crippen LogP contribution in [-0.4, -0.2) is 17.4 Å². The fourth-order valence-corrected chi connectivity index (χ4v) is 3.02. The zero-order valence-corrected chi connectivity index (χ0v) is 10.9. The summed E-state index contributed by atoms with van der Waals surface area (Å²) >= 11 is 0. The van der Waals surface area contributed by atoms with Gasteiger partial charge in [0.2, 0.25) is 0 Å². The molecule has 2 N–H and O–H groups in total. The maximum atomic E-state index is 8.95. The third-order valence-corrected chi connectivity index (χ3v) is 3.85. The minimum absolute atomic E-state index is 0.297. The maximum Gasteiger partial charge on any atom is 0.707 e. The Morgan fingerprint density at radius 3 is 2.53 bits per heavy atom. The molecule has 3 rings (SSSR count). The normalized spacial score (nSPS) is 15.9. The van der Waals surface area contributed by atoms with Crippen LogP contribution in [0, 0.1) is 6.92 Å². The van der Waals surface area contributed by atoms with Crippen LogP contribution in [0.3, 0.4) is 0 Å². The van der Waals surface area contributed by atoms with Gasteiger partial charge in [0.15, 0.2) is 0 Å². The van der Waals surface area contributed by atoms with Crippen LogP contribution in [0.25, 0.3) is 11.1 Å². The molecule has 1 atom stereocenters. The quantitative estimate of drug-likeness (QED) is 0.809. The number of hydrogen-bond acceptors (Lipinski definition) is 3. The lowest BCUT2D eigenvalue weighted by atomic mass is 9.94. The highest BCUT2D eigenvalue weighted by Gasteiger charge is 2.28. The van der Waals surface area contributed by atoms with Gasteiger partial charge in [0.1, 0.15) is 5.75 Å². The summed E-state index contributed by atoms with van der Waals surface area (Å²) < 4.78 is 5.03. The molecule has 0 aliphatic heterocycles. The molecule has 0 aromatic heterocycles. The van der Waals surface area contributed by atoms with Crippen LogP contribution in [0.1, 0.15) is 29.5 Å². The summed E-state index contributed by atoms with van der Waals surface area (Å²) in [7, 11) is -1.78. The molecule has 3 nitrogen and oxygen atoms in total. The van der Waals surface area contributed by atoms with Crippen LogP contribution < -0.4 is 4.65 Å². The van der Waals surface area contributed by atoms with E-state index in [9.17, 15) is 0 Å². The van der Waals surface area contributed by atoms with Crippen molar-refractivity contribution in [2.24, 2.45) is 0 Å². The van der Waals surface area contributed by atoms with Crippen molar-refractivity contribution in [3.05, 3.63) is 53.1 Å². The minimum Gasteiger partial charge on any atom is -0.512 e. The lowest BCUT2D eigenvalue weighted by Crippen LogP contribution is -2.21. The smallest absolute Gasteiger partial charge is 0.512 e. The monoisotopic (exact) mass is 254 g/mol. The van der Waals surface area contributed by atoms with Crippen molar-refractivity contribution in [3.63, 3.8) is 0 Å². The Morgan fingerprint density at radius 2 is 1.79 bits per heavy atom. The van der Waals surface area contributed by atoms with Crippen LogP contribution in [0.4, 0.5) is 0 Å². The predicted molar refractivity (Wildman–Crippen MR) is 75.0 cm³/mol. The van der Waals surface area contributed by atoms with E-state index in [1.54, 1.807) is 6.07 Å². The molecule has 2 aromatic carbocycles. The average molecular weight is 254 g/mol. The molecule has 0 heterocycles. The standard InChI is InChI=1S/C15H15BO3/c1-9-11-5-3-4-6-12(11)13-7-8-14(19-16(17)18)10(2)15(9)13/h3-9,17-18H,1-2H3. The molecule has 0 spiro atoms. The van der Waals surface area contributed by atoms with Crippen molar-refractivity contribution in [1.82, 2.24) is 0 Å². The Balaban J connectivity index is 2.16. The van der Waals surface area contributed by atoms with Crippen molar-refractivity contribution in [3.8, 4) is 16.9 Å². The van der Waals surface area contributed by atoms with Crippen molar-refractivity contribution < 1.29 is 14.7 Å². The topological polar surface area (TPSA) is 49.7 Å². The molecule has 1 aliphatic rings. The van der Waals surface area contributed by atoms with Gasteiger partial charge in [-0.15, -0.1) is 0 Å². The predicted octanol–water partition coefficient (Wildman–Crippen LogP) is 2.48. The molecule has 0 fully saturated rings. The highest BCUT2D eigenvalue weighted by molar-refractivity contribution is 6.33. The molecule has 1 unspecified atom stereocenters. The van der Waals surface area contributed by atoms with Gasteiger partial charge in [-0.2, -0.15) is 0 Å². The highest BCUT2D eigenvalue weighted by Crippen LogP contribution is 2.47. The SMILES string of the molecule is Cc1c(OB(O)O)ccc2c1C(C)c1ccccc1-2. The Labute approximate surface area is 112 Å². The largest absolute Gasteiger partial charge is 0.707 e. The van der Waals surface area contributed by atoms with Crippen molar-refractivity contribution in [2.75, 3.05) is 0 Å². The average Bonchev–Trinajstić information content (AvgIpc) is 2.67. The van der Waals surface area contributed by atoms with E-state index in [4.69, 9.17) is 14.7 Å². The Kier molecular flexibility index (Phi) is 2.84. The summed E-state index contributed by atoms with van der Waals surface area (Å²) in [6, 6.07) is 12.1. The second-order valence-corrected chi connectivity index (χ2v) is 4.90. The van der Waals surface area contributed by atoms with Gasteiger partial charge in [-0.05, 0) is 40.8 Å². The summed E-state index contributed by atoms with van der Waals surface area (Å²) in [4.78, 5) is 0. The summed E-state index contributed by atoms with van der Waals surface area (Å²) in [5.41, 5.74) is 5.94. The third-order valence-electron chi connectivity index (χ3n) is 3.85. The Bertz CT molecular complexity index is 637. The molecule has 0 saturated heterocycles. The molecule has 96 valence electrons. The molecule has 0 bridgehead atoms. The number of hydrogen-bond donors (Lipinski definition) is 2. The Hall–Kier alpha value is -1.78. The first-order valence-corrected chi connectivity index (χ1v) is 6.35. The maximum absolute atomic E-state index is 8.95. The number of rotatable bonds is 2. The molecular formula is C15H15BO3. The van der Waals surface area contributed by atoms with Crippen molar-refractivity contribution in [1.29, 1.82) is 0 Å². The first kappa shape index (κ1) is 12.3. The van der Waals surface area contributed by atoms with E-state index in [2.05, 4.69) is 19.1 Å². The van der Waals surface area contributed by atoms with Crippen LogP contribution >= 0.6 is 0 Å². The van der Waals surface area contributed by atoms with Gasteiger partial charge in [0.05, 0.1) is 0 Å². The van der Waals surface area contributed by atoms with Crippen LogP contribution in [0.2, 0.25) is 0 Å². The summed E-state index contributed by atoms with van der Waals surface area (Å²) in [6.45, 7) is 4.12. The van der Waals surface area contributed by atoms with Crippen LogP contribution in [0.15, 0.2) is 36.4 Å². The summed E-state index contributed by atoms with van der Waals surface area (Å²) in [5, 5.41) is 17.9. The highest BCUT2D eigenvalue weighted by atomic mass is 16.6.